The zero-order valence-corrected chi connectivity index (χ0v) is 22.8. The molecule has 0 saturated heterocycles. The van der Waals surface area contributed by atoms with Crippen LogP contribution >= 0.6 is 27.3 Å². The highest BCUT2D eigenvalue weighted by molar-refractivity contribution is 9.10. The number of thiazole rings is 1. The molecule has 1 aliphatic heterocycles. The van der Waals surface area contributed by atoms with Crippen LogP contribution in [-0.4, -0.2) is 27.2 Å². The van der Waals surface area contributed by atoms with Gasteiger partial charge in [0.2, 0.25) is 0 Å². The molecule has 5 rings (SSSR count). The summed E-state index contributed by atoms with van der Waals surface area (Å²) in [6, 6.07) is 19.8. The first kappa shape index (κ1) is 26.3. The van der Waals surface area contributed by atoms with Gasteiger partial charge in [-0.3, -0.25) is 19.5 Å². The summed E-state index contributed by atoms with van der Waals surface area (Å²) >= 11 is 4.19. The van der Waals surface area contributed by atoms with Crippen molar-refractivity contribution < 1.29 is 19.6 Å². The Balaban J connectivity index is 1.83. The molecule has 0 spiro atoms. The molecule has 39 heavy (non-hydrogen) atoms. The molecule has 0 radical (unpaired) electrons. The van der Waals surface area contributed by atoms with E-state index in [1.54, 1.807) is 6.92 Å². The zero-order chi connectivity index (χ0) is 27.7. The van der Waals surface area contributed by atoms with Crippen molar-refractivity contribution in [3.8, 4) is 5.75 Å². The Hall–Kier alpha value is -4.35. The SMILES string of the molecule is CCOC(=O)C1=C(c2ccccc2)N=c2s/c(=C\c3cc([N+](=O)[O-])cc(Br)c3O)c(=O)n2[C@@H]1c1ccccc1. The summed E-state index contributed by atoms with van der Waals surface area (Å²) in [5, 5.41) is 21.9. The minimum Gasteiger partial charge on any atom is -0.506 e. The summed E-state index contributed by atoms with van der Waals surface area (Å²) in [5.74, 6) is -0.841. The third-order valence-corrected chi connectivity index (χ3v) is 7.65. The number of rotatable bonds is 6. The summed E-state index contributed by atoms with van der Waals surface area (Å²) in [7, 11) is 0. The van der Waals surface area contributed by atoms with Crippen LogP contribution in [0.2, 0.25) is 0 Å². The number of halogens is 1. The van der Waals surface area contributed by atoms with Gasteiger partial charge in [-0.05, 0) is 34.5 Å². The number of phenols is 1. The highest BCUT2D eigenvalue weighted by Crippen LogP contribution is 2.35. The summed E-state index contributed by atoms with van der Waals surface area (Å²) in [4.78, 5) is 43.1. The van der Waals surface area contributed by atoms with E-state index in [-0.39, 0.29) is 38.2 Å². The van der Waals surface area contributed by atoms with Crippen LogP contribution in [0.3, 0.4) is 0 Å². The molecule has 1 aromatic heterocycles. The third kappa shape index (κ3) is 4.93. The number of nitro groups is 1. The molecule has 1 atom stereocenters. The predicted octanol–water partition coefficient (Wildman–Crippen LogP) is 4.31. The first-order chi connectivity index (χ1) is 18.8. The van der Waals surface area contributed by atoms with Gasteiger partial charge in [0.05, 0.1) is 37.8 Å². The van der Waals surface area contributed by atoms with Crippen LogP contribution in [0, 0.1) is 10.1 Å². The number of carbonyl (C=O) groups is 1. The van der Waals surface area contributed by atoms with E-state index >= 15 is 0 Å². The number of nitrogens with zero attached hydrogens (tertiary/aromatic N) is 3. The minimum atomic E-state index is -0.843. The summed E-state index contributed by atoms with van der Waals surface area (Å²) in [6.07, 6.45) is 1.38. The van der Waals surface area contributed by atoms with E-state index in [1.807, 2.05) is 60.7 Å². The van der Waals surface area contributed by atoms with Crippen molar-refractivity contribution in [1.82, 2.24) is 4.57 Å². The van der Waals surface area contributed by atoms with Gasteiger partial charge < -0.3 is 9.84 Å². The van der Waals surface area contributed by atoms with Crippen LogP contribution in [0.1, 0.15) is 29.7 Å². The van der Waals surface area contributed by atoms with Crippen molar-refractivity contribution >= 4 is 50.7 Å². The maximum absolute atomic E-state index is 13.9. The van der Waals surface area contributed by atoms with Gasteiger partial charge in [-0.2, -0.15) is 0 Å². The Labute approximate surface area is 233 Å². The number of benzene rings is 3. The molecule has 0 amide bonds. The van der Waals surface area contributed by atoms with Gasteiger partial charge in [-0.25, -0.2) is 9.79 Å². The van der Waals surface area contributed by atoms with Gasteiger partial charge in [0, 0.05) is 23.3 Å². The molecule has 0 fully saturated rings. The zero-order valence-electron chi connectivity index (χ0n) is 20.4. The Morgan fingerprint density at radius 1 is 1.18 bits per heavy atom. The summed E-state index contributed by atoms with van der Waals surface area (Å²) in [6.45, 7) is 1.84. The lowest BCUT2D eigenvalue weighted by Crippen LogP contribution is -2.40. The number of phenolic OH excluding ortho intramolecular Hbond substituents is 1. The average molecular weight is 606 g/mol. The fourth-order valence-electron chi connectivity index (χ4n) is 4.35. The highest BCUT2D eigenvalue weighted by atomic mass is 79.9. The second kappa shape index (κ2) is 10.8. The number of nitro benzene ring substituents is 1. The Bertz CT molecular complexity index is 1810. The van der Waals surface area contributed by atoms with Crippen molar-refractivity contribution in [1.29, 1.82) is 0 Å². The van der Waals surface area contributed by atoms with Crippen LogP contribution in [0.25, 0.3) is 11.8 Å². The molecule has 11 heteroatoms. The number of fused-ring (bicyclic) bond motifs is 1. The van der Waals surface area contributed by atoms with Crippen LogP contribution in [0.5, 0.6) is 5.75 Å². The van der Waals surface area contributed by atoms with E-state index in [9.17, 15) is 24.8 Å². The molecular weight excluding hydrogens is 586 g/mol. The van der Waals surface area contributed by atoms with Gasteiger partial charge in [0.15, 0.2) is 4.80 Å². The van der Waals surface area contributed by atoms with Crippen molar-refractivity contribution in [3.05, 3.63) is 129 Å². The first-order valence-corrected chi connectivity index (χ1v) is 13.4. The van der Waals surface area contributed by atoms with Gasteiger partial charge in [0.1, 0.15) is 5.75 Å². The monoisotopic (exact) mass is 605 g/mol. The maximum atomic E-state index is 13.9. The lowest BCUT2D eigenvalue weighted by Gasteiger charge is -2.25. The minimum absolute atomic E-state index is 0.0884. The second-order valence-corrected chi connectivity index (χ2v) is 10.3. The number of non-ortho nitro benzene ring substituents is 1. The quantitative estimate of drug-likeness (QED) is 0.198. The predicted molar refractivity (Wildman–Crippen MR) is 150 cm³/mol. The third-order valence-electron chi connectivity index (χ3n) is 6.06. The van der Waals surface area contributed by atoms with Crippen molar-refractivity contribution in [3.63, 3.8) is 0 Å². The van der Waals surface area contributed by atoms with Crippen LogP contribution in [0.15, 0.2) is 92.6 Å². The van der Waals surface area contributed by atoms with Crippen molar-refractivity contribution in [2.24, 2.45) is 4.99 Å². The largest absolute Gasteiger partial charge is 0.506 e. The fraction of sp³-hybridized carbons (Fsp3) is 0.107. The number of carbonyl (C=O) groups excluding carboxylic acids is 1. The molecule has 9 nitrogen and oxygen atoms in total. The molecule has 0 aliphatic carbocycles. The molecule has 3 aromatic carbocycles. The van der Waals surface area contributed by atoms with Crippen LogP contribution in [-0.2, 0) is 9.53 Å². The number of hydrogen-bond acceptors (Lipinski definition) is 8. The van der Waals surface area contributed by atoms with E-state index in [1.165, 1.54) is 22.8 Å². The molecule has 196 valence electrons. The van der Waals surface area contributed by atoms with E-state index in [4.69, 9.17) is 9.73 Å². The van der Waals surface area contributed by atoms with E-state index in [2.05, 4.69) is 15.9 Å². The fourth-order valence-corrected chi connectivity index (χ4v) is 5.81. The standard InChI is InChI=1S/C28H20BrN3O6S/c1-2-38-27(35)22-23(16-9-5-3-6-10-16)30-28-31(24(22)17-11-7-4-8-12-17)26(34)21(39-28)14-18-13-19(32(36)37)15-20(29)25(18)33/h3-15,24,33H,2H2,1H3/b21-14-/t24-/m1/s1. The number of esters is 1. The van der Waals surface area contributed by atoms with Crippen molar-refractivity contribution in [2.45, 2.75) is 13.0 Å². The highest BCUT2D eigenvalue weighted by Gasteiger charge is 2.35. The number of aromatic hydroxyl groups is 1. The van der Waals surface area contributed by atoms with Gasteiger partial charge in [-0.1, -0.05) is 72.0 Å². The van der Waals surface area contributed by atoms with Gasteiger partial charge in [-0.15, -0.1) is 0 Å². The molecule has 2 heterocycles. The number of hydrogen-bond donors (Lipinski definition) is 1. The molecular formula is C28H20BrN3O6S. The molecule has 4 aromatic rings. The Morgan fingerprint density at radius 3 is 2.49 bits per heavy atom. The normalized spacial score (nSPS) is 15.0. The van der Waals surface area contributed by atoms with E-state index in [0.717, 1.165) is 11.3 Å². The molecule has 0 unspecified atom stereocenters. The second-order valence-electron chi connectivity index (χ2n) is 8.46. The molecule has 1 aliphatic rings. The van der Waals surface area contributed by atoms with E-state index < -0.39 is 22.5 Å². The lowest BCUT2D eigenvalue weighted by atomic mass is 9.93. The van der Waals surface area contributed by atoms with Crippen molar-refractivity contribution in [2.75, 3.05) is 6.61 Å². The summed E-state index contributed by atoms with van der Waals surface area (Å²) < 4.78 is 7.15. The van der Waals surface area contributed by atoms with Crippen LogP contribution in [0.4, 0.5) is 5.69 Å². The topological polar surface area (TPSA) is 124 Å². The lowest BCUT2D eigenvalue weighted by molar-refractivity contribution is -0.385. The first-order valence-electron chi connectivity index (χ1n) is 11.8. The summed E-state index contributed by atoms with van der Waals surface area (Å²) in [5.41, 5.74) is 1.33. The number of ether oxygens (including phenoxy) is 1. The Kier molecular flexibility index (Phi) is 7.27. The number of aromatic nitrogens is 1. The molecule has 0 saturated carbocycles. The van der Waals surface area contributed by atoms with Gasteiger partial charge in [0.25, 0.3) is 11.2 Å². The van der Waals surface area contributed by atoms with Gasteiger partial charge >= 0.3 is 5.97 Å². The Morgan fingerprint density at radius 2 is 1.85 bits per heavy atom. The molecule has 1 N–H and O–H groups in total. The molecule has 0 bridgehead atoms. The smallest absolute Gasteiger partial charge is 0.338 e. The maximum Gasteiger partial charge on any atom is 0.338 e. The average Bonchev–Trinajstić information content (AvgIpc) is 3.25. The van der Waals surface area contributed by atoms with Crippen LogP contribution < -0.4 is 14.9 Å². The van der Waals surface area contributed by atoms with E-state index in [0.29, 0.717) is 21.6 Å².